The van der Waals surface area contributed by atoms with Crippen molar-refractivity contribution in [2.45, 2.75) is 13.5 Å². The van der Waals surface area contributed by atoms with Crippen LogP contribution >= 0.6 is 11.6 Å². The van der Waals surface area contributed by atoms with Crippen LogP contribution in [0.1, 0.15) is 11.1 Å². The Morgan fingerprint density at radius 3 is 2.64 bits per heavy atom. The number of aryl methyl sites for hydroxylation is 1. The quantitative estimate of drug-likeness (QED) is 0.631. The third-order valence-electron chi connectivity index (χ3n) is 1.65. The first-order chi connectivity index (χ1) is 5.15. The second-order valence-electron chi connectivity index (χ2n) is 2.50. The van der Waals surface area contributed by atoms with E-state index in [0.717, 1.165) is 16.8 Å². The van der Waals surface area contributed by atoms with E-state index >= 15 is 0 Å². The molecule has 0 aliphatic heterocycles. The number of nitrogen functional groups attached to an aromatic ring is 1. The van der Waals surface area contributed by atoms with E-state index in [1.165, 1.54) is 0 Å². The molecule has 0 atom stereocenters. The summed E-state index contributed by atoms with van der Waals surface area (Å²) in [5.74, 6) is 0. The van der Waals surface area contributed by atoms with E-state index < -0.39 is 0 Å². The largest absolute Gasteiger partial charge is 0.399 e. The molecule has 3 heteroatoms. The van der Waals surface area contributed by atoms with Crippen molar-refractivity contribution in [1.82, 2.24) is 0 Å². The minimum absolute atomic E-state index is 0.434. The Morgan fingerprint density at radius 2 is 2.09 bits per heavy atom. The summed E-state index contributed by atoms with van der Waals surface area (Å²) in [6.45, 7) is 2.35. The highest BCUT2D eigenvalue weighted by Gasteiger charge is 2.00. The topological polar surface area (TPSA) is 52.0 Å². The summed E-state index contributed by atoms with van der Waals surface area (Å²) in [6, 6.07) is 3.65. The van der Waals surface area contributed by atoms with Gasteiger partial charge in [-0.1, -0.05) is 11.6 Å². The van der Waals surface area contributed by atoms with Gasteiger partial charge in [-0.25, -0.2) is 0 Å². The van der Waals surface area contributed by atoms with E-state index in [4.69, 9.17) is 23.1 Å². The maximum absolute atomic E-state index is 5.87. The van der Waals surface area contributed by atoms with Crippen LogP contribution in [0, 0.1) is 6.92 Å². The summed E-state index contributed by atoms with van der Waals surface area (Å²) in [6.07, 6.45) is 0. The summed E-state index contributed by atoms with van der Waals surface area (Å²) in [7, 11) is 0. The highest BCUT2D eigenvalue weighted by atomic mass is 35.5. The van der Waals surface area contributed by atoms with Crippen molar-refractivity contribution in [2.24, 2.45) is 5.73 Å². The molecule has 0 saturated heterocycles. The summed E-state index contributed by atoms with van der Waals surface area (Å²) in [5.41, 5.74) is 13.7. The monoisotopic (exact) mass is 170 g/mol. The van der Waals surface area contributed by atoms with Gasteiger partial charge in [0.05, 0.1) is 0 Å². The van der Waals surface area contributed by atoms with Crippen molar-refractivity contribution in [3.63, 3.8) is 0 Å². The van der Waals surface area contributed by atoms with Crippen molar-refractivity contribution in [3.8, 4) is 0 Å². The lowest BCUT2D eigenvalue weighted by Crippen LogP contribution is -1.99. The molecule has 2 nitrogen and oxygen atoms in total. The Bertz CT molecular complexity index is 271. The third kappa shape index (κ3) is 1.64. The molecule has 0 unspecified atom stereocenters. The summed E-state index contributed by atoms with van der Waals surface area (Å²) in [5, 5.41) is 0.694. The van der Waals surface area contributed by atoms with Crippen LogP contribution in [0.4, 0.5) is 5.69 Å². The van der Waals surface area contributed by atoms with Crippen LogP contribution in [0.5, 0.6) is 0 Å². The predicted molar refractivity (Wildman–Crippen MR) is 48.5 cm³/mol. The highest BCUT2D eigenvalue weighted by Crippen LogP contribution is 2.21. The minimum atomic E-state index is 0.434. The average Bonchev–Trinajstić information content (AvgIpc) is 1.97. The van der Waals surface area contributed by atoms with Gasteiger partial charge in [-0.3, -0.25) is 0 Å². The number of benzene rings is 1. The standard InChI is InChI=1S/C8H11ClN2/c1-5-2-7(9)6(4-10)3-8(5)11/h2-3H,4,10-11H2,1H3. The van der Waals surface area contributed by atoms with Crippen LogP contribution < -0.4 is 11.5 Å². The van der Waals surface area contributed by atoms with Gasteiger partial charge in [0.2, 0.25) is 0 Å². The lowest BCUT2D eigenvalue weighted by molar-refractivity contribution is 1.07. The normalized spacial score (nSPS) is 10.1. The van der Waals surface area contributed by atoms with Crippen molar-refractivity contribution in [3.05, 3.63) is 28.3 Å². The fraction of sp³-hybridized carbons (Fsp3) is 0.250. The van der Waals surface area contributed by atoms with Crippen molar-refractivity contribution in [1.29, 1.82) is 0 Å². The Hall–Kier alpha value is -0.730. The molecule has 11 heavy (non-hydrogen) atoms. The molecule has 0 bridgehead atoms. The van der Waals surface area contributed by atoms with E-state index in [1.54, 1.807) is 0 Å². The predicted octanol–water partition coefficient (Wildman–Crippen LogP) is 1.69. The molecular formula is C8H11ClN2. The van der Waals surface area contributed by atoms with Gasteiger partial charge < -0.3 is 11.5 Å². The summed E-state index contributed by atoms with van der Waals surface area (Å²) in [4.78, 5) is 0. The lowest BCUT2D eigenvalue weighted by atomic mass is 10.1. The molecule has 1 aromatic carbocycles. The zero-order valence-electron chi connectivity index (χ0n) is 6.39. The SMILES string of the molecule is Cc1cc(Cl)c(CN)cc1N. The van der Waals surface area contributed by atoms with Gasteiger partial charge in [-0.15, -0.1) is 0 Å². The molecule has 0 spiro atoms. The molecule has 0 aromatic heterocycles. The third-order valence-corrected chi connectivity index (χ3v) is 2.01. The van der Waals surface area contributed by atoms with Gasteiger partial charge in [0.25, 0.3) is 0 Å². The van der Waals surface area contributed by atoms with Crippen molar-refractivity contribution >= 4 is 17.3 Å². The van der Waals surface area contributed by atoms with Crippen LogP contribution in [-0.2, 0) is 6.54 Å². The molecule has 0 aliphatic rings. The summed E-state index contributed by atoms with van der Waals surface area (Å²) < 4.78 is 0. The van der Waals surface area contributed by atoms with E-state index in [9.17, 15) is 0 Å². The van der Waals surface area contributed by atoms with E-state index in [2.05, 4.69) is 0 Å². The molecular weight excluding hydrogens is 160 g/mol. The van der Waals surface area contributed by atoms with Crippen LogP contribution in [0.2, 0.25) is 5.02 Å². The Kier molecular flexibility index (Phi) is 2.37. The number of rotatable bonds is 1. The minimum Gasteiger partial charge on any atom is -0.399 e. The fourth-order valence-electron chi connectivity index (χ4n) is 0.893. The second kappa shape index (κ2) is 3.11. The molecule has 1 rings (SSSR count). The second-order valence-corrected chi connectivity index (χ2v) is 2.91. The van der Waals surface area contributed by atoms with Gasteiger partial charge in [-0.05, 0) is 30.2 Å². The number of anilines is 1. The maximum Gasteiger partial charge on any atom is 0.0455 e. The molecule has 60 valence electrons. The fourth-order valence-corrected chi connectivity index (χ4v) is 1.19. The van der Waals surface area contributed by atoms with Gasteiger partial charge in [0, 0.05) is 17.3 Å². The first-order valence-electron chi connectivity index (χ1n) is 3.39. The number of halogens is 1. The maximum atomic E-state index is 5.87. The van der Waals surface area contributed by atoms with Gasteiger partial charge >= 0.3 is 0 Å². The molecule has 0 saturated carbocycles. The molecule has 1 aromatic rings. The molecule has 0 heterocycles. The average molecular weight is 171 g/mol. The van der Waals surface area contributed by atoms with E-state index in [-0.39, 0.29) is 0 Å². The van der Waals surface area contributed by atoms with Crippen molar-refractivity contribution in [2.75, 3.05) is 5.73 Å². The number of nitrogens with two attached hydrogens (primary N) is 2. The molecule has 0 amide bonds. The zero-order valence-corrected chi connectivity index (χ0v) is 7.15. The molecule has 0 aliphatic carbocycles. The Morgan fingerprint density at radius 1 is 1.45 bits per heavy atom. The Labute approximate surface area is 71.1 Å². The Balaban J connectivity index is 3.21. The molecule has 0 radical (unpaired) electrons. The molecule has 4 N–H and O–H groups in total. The van der Waals surface area contributed by atoms with Gasteiger partial charge in [-0.2, -0.15) is 0 Å². The van der Waals surface area contributed by atoms with Crippen LogP contribution in [-0.4, -0.2) is 0 Å². The van der Waals surface area contributed by atoms with Gasteiger partial charge in [0.15, 0.2) is 0 Å². The van der Waals surface area contributed by atoms with Gasteiger partial charge in [0.1, 0.15) is 0 Å². The number of hydrogen-bond donors (Lipinski definition) is 2. The lowest BCUT2D eigenvalue weighted by Gasteiger charge is -2.04. The first-order valence-corrected chi connectivity index (χ1v) is 3.77. The van der Waals surface area contributed by atoms with E-state index in [1.807, 2.05) is 19.1 Å². The smallest absolute Gasteiger partial charge is 0.0455 e. The first kappa shape index (κ1) is 8.37. The molecule has 0 fully saturated rings. The summed E-state index contributed by atoms with van der Waals surface area (Å²) >= 11 is 5.87. The van der Waals surface area contributed by atoms with Crippen LogP contribution in [0.15, 0.2) is 12.1 Å². The highest BCUT2D eigenvalue weighted by molar-refractivity contribution is 6.31. The zero-order chi connectivity index (χ0) is 8.43. The van der Waals surface area contributed by atoms with E-state index in [0.29, 0.717) is 11.6 Å². The van der Waals surface area contributed by atoms with Crippen LogP contribution in [0.25, 0.3) is 0 Å². The van der Waals surface area contributed by atoms with Crippen molar-refractivity contribution < 1.29 is 0 Å². The van der Waals surface area contributed by atoms with Crippen LogP contribution in [0.3, 0.4) is 0 Å². The number of hydrogen-bond acceptors (Lipinski definition) is 2.